The van der Waals surface area contributed by atoms with E-state index in [-0.39, 0.29) is 11.7 Å². The lowest BCUT2D eigenvalue weighted by Gasteiger charge is -2.03. The second-order valence-corrected chi connectivity index (χ2v) is 5.17. The van der Waals surface area contributed by atoms with Crippen LogP contribution in [0.3, 0.4) is 0 Å². The van der Waals surface area contributed by atoms with Crippen molar-refractivity contribution in [1.29, 1.82) is 0 Å². The molecule has 2 aromatic rings. The summed E-state index contributed by atoms with van der Waals surface area (Å²) in [7, 11) is 0. The van der Waals surface area contributed by atoms with Gasteiger partial charge in [0.25, 0.3) is 5.91 Å². The molecule has 1 heterocycles. The lowest BCUT2D eigenvalue weighted by atomic mass is 10.2. The summed E-state index contributed by atoms with van der Waals surface area (Å²) >= 11 is 7.00. The van der Waals surface area contributed by atoms with Crippen molar-refractivity contribution in [3.05, 3.63) is 51.2 Å². The first kappa shape index (κ1) is 12.0. The summed E-state index contributed by atoms with van der Waals surface area (Å²) in [6.45, 7) is 0.425. The Labute approximate surface area is 108 Å². The van der Waals surface area contributed by atoms with Crippen LogP contribution in [0.1, 0.15) is 15.2 Å². The highest BCUT2D eigenvalue weighted by Gasteiger charge is 2.07. The fourth-order valence-electron chi connectivity index (χ4n) is 1.32. The molecule has 88 valence electrons. The lowest BCUT2D eigenvalue weighted by molar-refractivity contribution is 0.0955. The third-order valence-corrected chi connectivity index (χ3v) is 3.42. The minimum absolute atomic E-state index is 0.144. The van der Waals surface area contributed by atoms with Gasteiger partial charge in [-0.3, -0.25) is 4.79 Å². The molecule has 0 spiro atoms. The molecular weight excluding hydrogens is 258 g/mol. The van der Waals surface area contributed by atoms with Crippen LogP contribution < -0.4 is 5.32 Å². The van der Waals surface area contributed by atoms with E-state index in [0.29, 0.717) is 15.8 Å². The Morgan fingerprint density at radius 2 is 1.94 bits per heavy atom. The molecule has 1 aromatic carbocycles. The third kappa shape index (κ3) is 3.22. The number of carbonyl (C=O) groups excluding carboxylic acids is 1. The van der Waals surface area contributed by atoms with Crippen LogP contribution in [0.25, 0.3) is 0 Å². The average Bonchev–Trinajstić information content (AvgIpc) is 2.75. The van der Waals surface area contributed by atoms with Gasteiger partial charge in [0.1, 0.15) is 5.75 Å². The minimum Gasteiger partial charge on any atom is -0.508 e. The molecule has 17 heavy (non-hydrogen) atoms. The first-order valence-electron chi connectivity index (χ1n) is 4.96. The number of rotatable bonds is 3. The molecule has 0 fully saturated rings. The maximum atomic E-state index is 11.7. The summed E-state index contributed by atoms with van der Waals surface area (Å²) in [5.74, 6) is 0.0695. The number of hydrogen-bond donors (Lipinski definition) is 2. The zero-order chi connectivity index (χ0) is 12.3. The molecule has 0 unspecified atom stereocenters. The monoisotopic (exact) mass is 267 g/mol. The van der Waals surface area contributed by atoms with Gasteiger partial charge >= 0.3 is 0 Å². The Hall–Kier alpha value is -1.52. The van der Waals surface area contributed by atoms with Gasteiger partial charge in [0.15, 0.2) is 0 Å². The Morgan fingerprint density at radius 3 is 2.53 bits per heavy atom. The topological polar surface area (TPSA) is 49.3 Å². The Balaban J connectivity index is 1.94. The van der Waals surface area contributed by atoms with E-state index in [4.69, 9.17) is 16.7 Å². The van der Waals surface area contributed by atoms with Gasteiger partial charge in [0, 0.05) is 6.54 Å². The van der Waals surface area contributed by atoms with Crippen molar-refractivity contribution in [3.63, 3.8) is 0 Å². The second-order valence-electron chi connectivity index (χ2n) is 3.45. The molecule has 5 heteroatoms. The van der Waals surface area contributed by atoms with Gasteiger partial charge in [-0.2, -0.15) is 0 Å². The number of thiophene rings is 1. The lowest BCUT2D eigenvalue weighted by Crippen LogP contribution is -2.21. The summed E-state index contributed by atoms with van der Waals surface area (Å²) in [4.78, 5) is 12.3. The molecule has 0 saturated carbocycles. The standard InChI is InChI=1S/C12H10ClNO2S/c13-11-6-5-10(17-11)12(16)14-7-8-1-3-9(15)4-2-8/h1-6,15H,7H2,(H,14,16). The van der Waals surface area contributed by atoms with E-state index in [0.717, 1.165) is 5.56 Å². The van der Waals surface area contributed by atoms with E-state index in [1.54, 1.807) is 36.4 Å². The number of aromatic hydroxyl groups is 1. The van der Waals surface area contributed by atoms with E-state index in [9.17, 15) is 4.79 Å². The highest BCUT2D eigenvalue weighted by Crippen LogP contribution is 2.21. The first-order chi connectivity index (χ1) is 8.15. The summed E-state index contributed by atoms with van der Waals surface area (Å²) in [5, 5.41) is 11.9. The molecule has 1 aromatic heterocycles. The van der Waals surface area contributed by atoms with Gasteiger partial charge in [-0.15, -0.1) is 11.3 Å². The van der Waals surface area contributed by atoms with Crippen molar-refractivity contribution < 1.29 is 9.90 Å². The zero-order valence-electron chi connectivity index (χ0n) is 8.81. The number of phenols is 1. The molecule has 0 aliphatic rings. The van der Waals surface area contributed by atoms with Crippen molar-refractivity contribution in [2.75, 3.05) is 0 Å². The maximum absolute atomic E-state index is 11.7. The number of hydrogen-bond acceptors (Lipinski definition) is 3. The average molecular weight is 268 g/mol. The van der Waals surface area contributed by atoms with Gasteiger partial charge in [-0.05, 0) is 29.8 Å². The summed E-state index contributed by atoms with van der Waals surface area (Å²) < 4.78 is 0.597. The fourth-order valence-corrected chi connectivity index (χ4v) is 2.28. The van der Waals surface area contributed by atoms with Gasteiger partial charge in [0.2, 0.25) is 0 Å². The maximum Gasteiger partial charge on any atom is 0.261 e. The number of benzene rings is 1. The van der Waals surface area contributed by atoms with Gasteiger partial charge in [-0.1, -0.05) is 23.7 Å². The number of halogens is 1. The summed E-state index contributed by atoms with van der Waals surface area (Å²) in [6.07, 6.45) is 0. The van der Waals surface area contributed by atoms with Crippen LogP contribution >= 0.6 is 22.9 Å². The van der Waals surface area contributed by atoms with Crippen LogP contribution in [-0.4, -0.2) is 11.0 Å². The van der Waals surface area contributed by atoms with Crippen molar-refractivity contribution in [3.8, 4) is 5.75 Å². The predicted molar refractivity (Wildman–Crippen MR) is 68.6 cm³/mol. The highest BCUT2D eigenvalue weighted by molar-refractivity contribution is 7.17. The molecular formula is C12H10ClNO2S. The smallest absolute Gasteiger partial charge is 0.261 e. The molecule has 0 aliphatic carbocycles. The van der Waals surface area contributed by atoms with Crippen LogP contribution in [0, 0.1) is 0 Å². The molecule has 2 rings (SSSR count). The van der Waals surface area contributed by atoms with E-state index < -0.39 is 0 Å². The fraction of sp³-hybridized carbons (Fsp3) is 0.0833. The molecule has 0 aliphatic heterocycles. The van der Waals surface area contributed by atoms with Crippen LogP contribution in [-0.2, 0) is 6.54 Å². The molecule has 1 amide bonds. The summed E-state index contributed by atoms with van der Waals surface area (Å²) in [5.41, 5.74) is 0.929. The van der Waals surface area contributed by atoms with Crippen molar-refractivity contribution >= 4 is 28.8 Å². The van der Waals surface area contributed by atoms with Crippen LogP contribution in [0.5, 0.6) is 5.75 Å². The molecule has 3 nitrogen and oxygen atoms in total. The summed E-state index contributed by atoms with van der Waals surface area (Å²) in [6, 6.07) is 10.1. The van der Waals surface area contributed by atoms with Gasteiger partial charge < -0.3 is 10.4 Å². The van der Waals surface area contributed by atoms with E-state index in [2.05, 4.69) is 5.32 Å². The number of carbonyl (C=O) groups is 1. The minimum atomic E-state index is -0.144. The molecule has 0 bridgehead atoms. The Bertz CT molecular complexity index is 522. The van der Waals surface area contributed by atoms with E-state index >= 15 is 0 Å². The third-order valence-electron chi connectivity index (χ3n) is 2.19. The largest absolute Gasteiger partial charge is 0.508 e. The predicted octanol–water partition coefficient (Wildman–Crippen LogP) is 3.04. The SMILES string of the molecule is O=C(NCc1ccc(O)cc1)c1ccc(Cl)s1. The zero-order valence-corrected chi connectivity index (χ0v) is 10.4. The van der Waals surface area contributed by atoms with Crippen LogP contribution in [0.4, 0.5) is 0 Å². The van der Waals surface area contributed by atoms with Crippen LogP contribution in [0.2, 0.25) is 4.34 Å². The molecule has 0 radical (unpaired) electrons. The molecule has 0 atom stereocenters. The molecule has 0 saturated heterocycles. The van der Waals surface area contributed by atoms with E-state index in [1.807, 2.05) is 0 Å². The van der Waals surface area contributed by atoms with Crippen molar-refractivity contribution in [1.82, 2.24) is 5.32 Å². The quantitative estimate of drug-likeness (QED) is 0.898. The van der Waals surface area contributed by atoms with Gasteiger partial charge in [-0.25, -0.2) is 0 Å². The van der Waals surface area contributed by atoms with Crippen molar-refractivity contribution in [2.24, 2.45) is 0 Å². The molecule has 2 N–H and O–H groups in total. The highest BCUT2D eigenvalue weighted by atomic mass is 35.5. The van der Waals surface area contributed by atoms with Crippen LogP contribution in [0.15, 0.2) is 36.4 Å². The number of phenolic OH excluding ortho intramolecular Hbond substituents is 1. The first-order valence-corrected chi connectivity index (χ1v) is 6.16. The van der Waals surface area contributed by atoms with E-state index in [1.165, 1.54) is 11.3 Å². The number of nitrogens with one attached hydrogen (secondary N) is 1. The normalized spacial score (nSPS) is 10.2. The number of amides is 1. The second kappa shape index (κ2) is 5.21. The Kier molecular flexibility index (Phi) is 3.66. The Morgan fingerprint density at radius 1 is 1.24 bits per heavy atom. The van der Waals surface area contributed by atoms with Gasteiger partial charge in [0.05, 0.1) is 9.21 Å². The van der Waals surface area contributed by atoms with Crippen molar-refractivity contribution in [2.45, 2.75) is 6.54 Å².